The minimum absolute atomic E-state index is 0.326. The molecule has 1 fully saturated rings. The largest absolute Gasteiger partial charge is 0.493 e. The van der Waals surface area contributed by atoms with Crippen LogP contribution in [0.1, 0.15) is 17.5 Å². The van der Waals surface area contributed by atoms with E-state index in [1.807, 2.05) is 30.5 Å². The second-order valence-electron chi connectivity index (χ2n) is 6.63. The number of ether oxygens (including phenoxy) is 3. The molecule has 0 spiro atoms. The zero-order valence-electron chi connectivity index (χ0n) is 14.8. The number of rotatable bonds is 6. The highest BCUT2D eigenvalue weighted by atomic mass is 19.1. The van der Waals surface area contributed by atoms with E-state index in [1.54, 1.807) is 7.11 Å². The normalized spacial score (nSPS) is 19.9. The van der Waals surface area contributed by atoms with Crippen LogP contribution in [-0.4, -0.2) is 31.9 Å². The van der Waals surface area contributed by atoms with E-state index in [2.05, 4.69) is 11.1 Å². The Kier molecular flexibility index (Phi) is 4.66. The molecule has 3 aromatic rings. The zero-order valence-corrected chi connectivity index (χ0v) is 14.8. The van der Waals surface area contributed by atoms with Crippen molar-refractivity contribution in [1.82, 2.24) is 4.98 Å². The Morgan fingerprint density at radius 3 is 2.92 bits per heavy atom. The topological polar surface area (TPSA) is 43.5 Å². The highest BCUT2D eigenvalue weighted by Crippen LogP contribution is 2.36. The van der Waals surface area contributed by atoms with Gasteiger partial charge in [-0.2, -0.15) is 0 Å². The van der Waals surface area contributed by atoms with Gasteiger partial charge in [-0.1, -0.05) is 18.2 Å². The first-order valence-electron chi connectivity index (χ1n) is 8.82. The van der Waals surface area contributed by atoms with Crippen LogP contribution in [-0.2, 0) is 21.5 Å². The van der Waals surface area contributed by atoms with Crippen molar-refractivity contribution in [2.75, 3.05) is 26.9 Å². The second kappa shape index (κ2) is 7.09. The number of benzene rings is 2. The Morgan fingerprint density at radius 2 is 2.12 bits per heavy atom. The molecule has 0 amide bonds. The van der Waals surface area contributed by atoms with Crippen molar-refractivity contribution in [3.63, 3.8) is 0 Å². The van der Waals surface area contributed by atoms with Gasteiger partial charge < -0.3 is 19.2 Å². The van der Waals surface area contributed by atoms with Crippen molar-refractivity contribution in [2.45, 2.75) is 18.4 Å². The van der Waals surface area contributed by atoms with Gasteiger partial charge in [0.05, 0.1) is 13.2 Å². The van der Waals surface area contributed by atoms with Crippen LogP contribution in [0, 0.1) is 5.82 Å². The van der Waals surface area contributed by atoms with E-state index in [9.17, 15) is 4.39 Å². The van der Waals surface area contributed by atoms with E-state index in [4.69, 9.17) is 14.2 Å². The lowest BCUT2D eigenvalue weighted by molar-refractivity contribution is -0.0216. The lowest BCUT2D eigenvalue weighted by Crippen LogP contribution is -2.28. The van der Waals surface area contributed by atoms with E-state index < -0.39 is 5.60 Å². The van der Waals surface area contributed by atoms with Gasteiger partial charge in [-0.05, 0) is 29.3 Å². The van der Waals surface area contributed by atoms with Gasteiger partial charge in [0.15, 0.2) is 0 Å². The third-order valence-corrected chi connectivity index (χ3v) is 5.09. The van der Waals surface area contributed by atoms with Crippen molar-refractivity contribution in [3.05, 3.63) is 65.6 Å². The lowest BCUT2D eigenvalue weighted by Gasteiger charge is -2.26. The summed E-state index contributed by atoms with van der Waals surface area (Å²) in [6.45, 7) is 1.52. The molecule has 4 rings (SSSR count). The highest BCUT2D eigenvalue weighted by Gasteiger charge is 2.37. The number of hydrogen-bond acceptors (Lipinski definition) is 3. The van der Waals surface area contributed by atoms with Crippen molar-refractivity contribution >= 4 is 10.9 Å². The number of nitrogens with one attached hydrogen (secondary N) is 1. The number of H-pyrrole nitrogens is 1. The fourth-order valence-corrected chi connectivity index (χ4v) is 3.58. The number of para-hydroxylation sites is 1. The highest BCUT2D eigenvalue weighted by molar-refractivity contribution is 5.83. The van der Waals surface area contributed by atoms with Gasteiger partial charge in [-0.15, -0.1) is 0 Å². The molecule has 0 saturated carbocycles. The zero-order chi connectivity index (χ0) is 18.0. The number of methoxy groups -OCH3 is 1. The molecular formula is C21H22FNO3. The first kappa shape index (κ1) is 17.1. The van der Waals surface area contributed by atoms with Crippen molar-refractivity contribution < 1.29 is 18.6 Å². The monoisotopic (exact) mass is 355 g/mol. The van der Waals surface area contributed by atoms with Crippen LogP contribution in [0.2, 0.25) is 0 Å². The number of aromatic nitrogens is 1. The summed E-state index contributed by atoms with van der Waals surface area (Å²) in [5, 5.41) is 1.19. The Bertz CT molecular complexity index is 899. The Morgan fingerprint density at radius 1 is 1.23 bits per heavy atom. The molecule has 1 aliphatic heterocycles. The summed E-state index contributed by atoms with van der Waals surface area (Å²) >= 11 is 0. The van der Waals surface area contributed by atoms with Gasteiger partial charge >= 0.3 is 0 Å². The molecule has 5 heteroatoms. The van der Waals surface area contributed by atoms with Crippen molar-refractivity contribution in [1.29, 1.82) is 0 Å². The average Bonchev–Trinajstić information content (AvgIpc) is 3.29. The first-order chi connectivity index (χ1) is 12.7. The fraction of sp³-hybridized carbons (Fsp3) is 0.333. The molecular weight excluding hydrogens is 333 g/mol. The molecule has 1 saturated heterocycles. The van der Waals surface area contributed by atoms with Crippen LogP contribution in [0.4, 0.5) is 4.39 Å². The van der Waals surface area contributed by atoms with Crippen molar-refractivity contribution in [2.24, 2.45) is 0 Å². The number of fused-ring (bicyclic) bond motifs is 1. The average molecular weight is 355 g/mol. The molecule has 2 aromatic carbocycles. The molecule has 0 aliphatic carbocycles. The maximum absolute atomic E-state index is 14.1. The van der Waals surface area contributed by atoms with E-state index in [-0.39, 0.29) is 5.82 Å². The molecule has 4 nitrogen and oxygen atoms in total. The van der Waals surface area contributed by atoms with Crippen LogP contribution < -0.4 is 4.74 Å². The summed E-state index contributed by atoms with van der Waals surface area (Å²) in [4.78, 5) is 3.26. The van der Waals surface area contributed by atoms with Gasteiger partial charge in [0.25, 0.3) is 0 Å². The molecule has 1 aromatic heterocycles. The van der Waals surface area contributed by atoms with E-state index >= 15 is 0 Å². The van der Waals surface area contributed by atoms with Gasteiger partial charge in [0.1, 0.15) is 17.2 Å². The molecule has 0 radical (unpaired) electrons. The van der Waals surface area contributed by atoms with Crippen LogP contribution in [0.15, 0.2) is 48.7 Å². The fourth-order valence-electron chi connectivity index (χ4n) is 3.58. The smallest absolute Gasteiger partial charge is 0.127 e. The standard InChI is InChI=1S/C21H22FNO3/c1-24-21(7-9-25-14-21)16-10-17(22)12-18(11-16)26-8-6-15-13-23-20-5-3-2-4-19(15)20/h2-5,10-13,23H,6-9,14H2,1H3. The predicted molar refractivity (Wildman–Crippen MR) is 98.0 cm³/mol. The molecule has 26 heavy (non-hydrogen) atoms. The van der Waals surface area contributed by atoms with Gasteiger partial charge in [0, 0.05) is 49.7 Å². The molecule has 1 aliphatic rings. The third-order valence-electron chi connectivity index (χ3n) is 5.09. The summed E-state index contributed by atoms with van der Waals surface area (Å²) in [5.74, 6) is 0.191. The van der Waals surface area contributed by atoms with Gasteiger partial charge in [-0.3, -0.25) is 0 Å². The second-order valence-corrected chi connectivity index (χ2v) is 6.63. The molecule has 1 atom stereocenters. The molecule has 1 unspecified atom stereocenters. The summed E-state index contributed by atoms with van der Waals surface area (Å²) in [6, 6.07) is 12.9. The quantitative estimate of drug-likeness (QED) is 0.721. The Labute approximate surface area is 151 Å². The van der Waals surface area contributed by atoms with Crippen LogP contribution in [0.5, 0.6) is 5.75 Å². The maximum Gasteiger partial charge on any atom is 0.127 e. The third kappa shape index (κ3) is 3.20. The lowest BCUT2D eigenvalue weighted by atomic mass is 9.92. The van der Waals surface area contributed by atoms with E-state index in [1.165, 1.54) is 23.1 Å². The minimum Gasteiger partial charge on any atom is -0.493 e. The number of hydrogen-bond donors (Lipinski definition) is 1. The maximum atomic E-state index is 14.1. The van der Waals surface area contributed by atoms with Gasteiger partial charge in [-0.25, -0.2) is 4.39 Å². The van der Waals surface area contributed by atoms with Crippen LogP contribution in [0.3, 0.4) is 0 Å². The molecule has 0 bridgehead atoms. The SMILES string of the molecule is COC1(c2cc(F)cc(OCCc3c[nH]c4ccccc34)c2)CCOC1. The number of halogens is 1. The molecule has 1 N–H and O–H groups in total. The molecule has 136 valence electrons. The predicted octanol–water partition coefficient (Wildman–Crippen LogP) is 4.19. The summed E-state index contributed by atoms with van der Waals surface area (Å²) in [5.41, 5.74) is 2.48. The Hall–Kier alpha value is -2.37. The first-order valence-corrected chi connectivity index (χ1v) is 8.82. The molecule has 2 heterocycles. The van der Waals surface area contributed by atoms with Crippen molar-refractivity contribution in [3.8, 4) is 5.75 Å². The number of aromatic amines is 1. The van der Waals surface area contributed by atoms with E-state index in [0.29, 0.717) is 32.0 Å². The summed E-state index contributed by atoms with van der Waals surface area (Å²) in [6.07, 6.45) is 3.46. The van der Waals surface area contributed by atoms with Crippen LogP contribution >= 0.6 is 0 Å². The summed E-state index contributed by atoms with van der Waals surface area (Å²) in [7, 11) is 1.64. The minimum atomic E-state index is -0.586. The summed E-state index contributed by atoms with van der Waals surface area (Å²) < 4.78 is 31.1. The van der Waals surface area contributed by atoms with Gasteiger partial charge in [0.2, 0.25) is 0 Å². The van der Waals surface area contributed by atoms with Crippen LogP contribution in [0.25, 0.3) is 10.9 Å². The Balaban J connectivity index is 1.48. The van der Waals surface area contributed by atoms with E-state index in [0.717, 1.165) is 17.5 Å².